The molecule has 0 saturated carbocycles. The minimum atomic E-state index is -4.28. The van der Waals surface area contributed by atoms with E-state index in [4.69, 9.17) is 16.3 Å². The number of unbranched alkanes of at least 4 members (excludes halogenated alkanes) is 1. The van der Waals surface area contributed by atoms with Gasteiger partial charge in [-0.3, -0.25) is 13.9 Å². The van der Waals surface area contributed by atoms with Gasteiger partial charge >= 0.3 is 0 Å². The van der Waals surface area contributed by atoms with E-state index >= 15 is 0 Å². The number of carbonyl (C=O) groups is 2. The SMILES string of the molecule is CCCCNC(=O)[C@@H](CC)N(Cc1ccc(OC)cc1)C(=O)CN(c1ccc(F)c(Cl)c1)S(=O)(=O)c1ccccc1. The lowest BCUT2D eigenvalue weighted by Gasteiger charge is -2.33. The molecule has 0 aromatic heterocycles. The maximum absolute atomic E-state index is 14.0. The molecule has 1 atom stereocenters. The molecule has 220 valence electrons. The van der Waals surface area contributed by atoms with Gasteiger partial charge in [-0.15, -0.1) is 0 Å². The Morgan fingerprint density at radius 3 is 2.29 bits per heavy atom. The molecule has 3 rings (SSSR count). The Morgan fingerprint density at radius 2 is 1.71 bits per heavy atom. The number of nitrogens with one attached hydrogen (secondary N) is 1. The minimum absolute atomic E-state index is 0.0125. The Bertz CT molecular complexity index is 1420. The van der Waals surface area contributed by atoms with Crippen LogP contribution >= 0.6 is 11.6 Å². The largest absolute Gasteiger partial charge is 0.497 e. The maximum atomic E-state index is 14.0. The molecule has 0 aliphatic carbocycles. The zero-order valence-electron chi connectivity index (χ0n) is 23.3. The standard InChI is InChI=1S/C30H35ClFN3O5S/c1-4-6-18-33-30(37)28(5-2)34(20-22-12-15-24(40-3)16-13-22)29(36)21-35(23-14-17-27(32)26(31)19-23)41(38,39)25-10-8-7-9-11-25/h7-17,19,28H,4-6,18,20-21H2,1-3H3,(H,33,37)/t28-/m1/s1. The predicted octanol–water partition coefficient (Wildman–Crippen LogP) is 5.41. The molecule has 8 nitrogen and oxygen atoms in total. The summed E-state index contributed by atoms with van der Waals surface area (Å²) in [4.78, 5) is 28.6. The first-order chi connectivity index (χ1) is 19.6. The van der Waals surface area contributed by atoms with Crippen LogP contribution in [0.4, 0.5) is 10.1 Å². The molecule has 0 fully saturated rings. The van der Waals surface area contributed by atoms with Gasteiger partial charge in [-0.2, -0.15) is 0 Å². The number of rotatable bonds is 14. The van der Waals surface area contributed by atoms with Crippen molar-refractivity contribution in [3.05, 3.63) is 89.2 Å². The topological polar surface area (TPSA) is 96.0 Å². The lowest BCUT2D eigenvalue weighted by atomic mass is 10.1. The van der Waals surface area contributed by atoms with Gasteiger partial charge in [0, 0.05) is 13.1 Å². The van der Waals surface area contributed by atoms with Gasteiger partial charge in [-0.1, -0.05) is 62.2 Å². The molecular weight excluding hydrogens is 569 g/mol. The van der Waals surface area contributed by atoms with Crippen LogP contribution in [0.3, 0.4) is 0 Å². The number of carbonyl (C=O) groups excluding carboxylic acids is 2. The van der Waals surface area contributed by atoms with Crippen molar-refractivity contribution in [3.63, 3.8) is 0 Å². The number of halogens is 2. The molecule has 0 heterocycles. The van der Waals surface area contributed by atoms with E-state index in [-0.39, 0.29) is 28.1 Å². The normalized spacial score (nSPS) is 11.9. The highest BCUT2D eigenvalue weighted by atomic mass is 35.5. The highest BCUT2D eigenvalue weighted by Gasteiger charge is 2.33. The van der Waals surface area contributed by atoms with E-state index in [1.54, 1.807) is 56.5 Å². The van der Waals surface area contributed by atoms with Crippen LogP contribution in [0.15, 0.2) is 77.7 Å². The summed E-state index contributed by atoms with van der Waals surface area (Å²) < 4.78 is 47.7. The summed E-state index contributed by atoms with van der Waals surface area (Å²) in [6.45, 7) is 3.65. The van der Waals surface area contributed by atoms with Gasteiger partial charge in [0.05, 0.1) is 22.7 Å². The Labute approximate surface area is 246 Å². The molecule has 0 bridgehead atoms. The summed E-state index contributed by atoms with van der Waals surface area (Å²) in [6.07, 6.45) is 1.97. The molecule has 3 aromatic carbocycles. The van der Waals surface area contributed by atoms with Crippen LogP contribution in [0, 0.1) is 5.82 Å². The van der Waals surface area contributed by atoms with Crippen LogP contribution in [0.1, 0.15) is 38.7 Å². The van der Waals surface area contributed by atoms with Crippen molar-refractivity contribution in [1.82, 2.24) is 10.2 Å². The number of sulfonamides is 1. The number of amides is 2. The van der Waals surface area contributed by atoms with Crippen molar-refractivity contribution in [1.29, 1.82) is 0 Å². The van der Waals surface area contributed by atoms with Crippen LogP contribution in [0.2, 0.25) is 5.02 Å². The molecule has 1 N–H and O–H groups in total. The number of anilines is 1. The summed E-state index contributed by atoms with van der Waals surface area (Å²) in [7, 11) is -2.73. The Hall–Kier alpha value is -3.63. The molecule has 3 aromatic rings. The first-order valence-corrected chi connectivity index (χ1v) is 15.2. The third-order valence-electron chi connectivity index (χ3n) is 6.53. The van der Waals surface area contributed by atoms with Gasteiger partial charge < -0.3 is 15.0 Å². The summed E-state index contributed by atoms with van der Waals surface area (Å²) in [5.74, 6) is -1.04. The third kappa shape index (κ3) is 8.20. The van der Waals surface area contributed by atoms with Gasteiger partial charge in [-0.25, -0.2) is 12.8 Å². The second-order valence-corrected chi connectivity index (χ2v) is 11.6. The van der Waals surface area contributed by atoms with Crippen molar-refractivity contribution >= 4 is 39.1 Å². The molecule has 0 unspecified atom stereocenters. The van der Waals surface area contributed by atoms with Gasteiger partial charge in [0.2, 0.25) is 11.8 Å². The summed E-state index contributed by atoms with van der Waals surface area (Å²) in [5, 5.41) is 2.59. The molecule has 41 heavy (non-hydrogen) atoms. The van der Waals surface area contributed by atoms with E-state index < -0.39 is 34.3 Å². The minimum Gasteiger partial charge on any atom is -0.497 e. The number of hydrogen-bond acceptors (Lipinski definition) is 5. The van der Waals surface area contributed by atoms with Crippen molar-refractivity contribution in [2.24, 2.45) is 0 Å². The van der Waals surface area contributed by atoms with E-state index in [1.165, 1.54) is 23.1 Å². The fourth-order valence-electron chi connectivity index (χ4n) is 4.24. The van der Waals surface area contributed by atoms with E-state index in [0.29, 0.717) is 18.7 Å². The lowest BCUT2D eigenvalue weighted by Crippen LogP contribution is -2.52. The lowest BCUT2D eigenvalue weighted by molar-refractivity contribution is -0.140. The Kier molecular flexibility index (Phi) is 11.5. The van der Waals surface area contributed by atoms with Crippen molar-refractivity contribution in [2.45, 2.75) is 50.6 Å². The first-order valence-electron chi connectivity index (χ1n) is 13.3. The molecule has 0 spiro atoms. The molecule has 0 radical (unpaired) electrons. The fraction of sp³-hybridized carbons (Fsp3) is 0.333. The zero-order chi connectivity index (χ0) is 30.0. The highest BCUT2D eigenvalue weighted by Crippen LogP contribution is 2.28. The molecule has 11 heteroatoms. The van der Waals surface area contributed by atoms with Crippen LogP contribution in [0.5, 0.6) is 5.75 Å². The van der Waals surface area contributed by atoms with E-state index in [1.807, 2.05) is 6.92 Å². The summed E-state index contributed by atoms with van der Waals surface area (Å²) >= 11 is 6.01. The number of hydrogen-bond donors (Lipinski definition) is 1. The Balaban J connectivity index is 2.04. The number of ether oxygens (including phenoxy) is 1. The number of benzene rings is 3. The van der Waals surface area contributed by atoms with Crippen molar-refractivity contribution in [2.75, 3.05) is 24.5 Å². The molecule has 0 saturated heterocycles. The number of nitrogens with zero attached hydrogens (tertiary/aromatic N) is 2. The van der Waals surface area contributed by atoms with Crippen LogP contribution in [-0.2, 0) is 26.2 Å². The van der Waals surface area contributed by atoms with Crippen molar-refractivity contribution in [3.8, 4) is 5.75 Å². The monoisotopic (exact) mass is 603 g/mol. The average molecular weight is 604 g/mol. The summed E-state index contributed by atoms with van der Waals surface area (Å²) in [5.41, 5.74) is 0.736. The van der Waals surface area contributed by atoms with E-state index in [0.717, 1.165) is 34.8 Å². The van der Waals surface area contributed by atoms with Gasteiger partial charge in [0.15, 0.2) is 0 Å². The highest BCUT2D eigenvalue weighted by molar-refractivity contribution is 7.92. The number of methoxy groups -OCH3 is 1. The van der Waals surface area contributed by atoms with Crippen molar-refractivity contribution < 1.29 is 27.1 Å². The van der Waals surface area contributed by atoms with Crippen LogP contribution in [-0.4, -0.2) is 51.4 Å². The fourth-order valence-corrected chi connectivity index (χ4v) is 5.84. The van der Waals surface area contributed by atoms with Crippen LogP contribution < -0.4 is 14.4 Å². The Morgan fingerprint density at radius 1 is 1.02 bits per heavy atom. The zero-order valence-corrected chi connectivity index (χ0v) is 24.9. The third-order valence-corrected chi connectivity index (χ3v) is 8.61. The first kappa shape index (κ1) is 31.9. The van der Waals surface area contributed by atoms with Crippen LogP contribution in [0.25, 0.3) is 0 Å². The maximum Gasteiger partial charge on any atom is 0.264 e. The van der Waals surface area contributed by atoms with E-state index in [9.17, 15) is 22.4 Å². The molecule has 0 aliphatic heterocycles. The predicted molar refractivity (Wildman–Crippen MR) is 158 cm³/mol. The second kappa shape index (κ2) is 14.8. The van der Waals surface area contributed by atoms with Gasteiger partial charge in [0.1, 0.15) is 24.2 Å². The molecule has 2 amide bonds. The van der Waals surface area contributed by atoms with E-state index in [2.05, 4.69) is 5.32 Å². The van der Waals surface area contributed by atoms with Gasteiger partial charge in [-0.05, 0) is 60.9 Å². The molecule has 0 aliphatic rings. The summed E-state index contributed by atoms with van der Waals surface area (Å²) in [6, 6.07) is 17.2. The molecular formula is C30H35ClFN3O5S. The quantitative estimate of drug-likeness (QED) is 0.249. The second-order valence-electron chi connectivity index (χ2n) is 9.36. The van der Waals surface area contributed by atoms with Gasteiger partial charge in [0.25, 0.3) is 10.0 Å². The smallest absolute Gasteiger partial charge is 0.264 e. The average Bonchev–Trinajstić information content (AvgIpc) is 2.98.